The van der Waals surface area contributed by atoms with E-state index < -0.39 is 0 Å². The lowest BCUT2D eigenvalue weighted by Crippen LogP contribution is -2.36. The van der Waals surface area contributed by atoms with E-state index in [4.69, 9.17) is 19.4 Å². The van der Waals surface area contributed by atoms with Crippen LogP contribution >= 0.6 is 11.3 Å². The Labute approximate surface area is 187 Å². The molecule has 1 aromatic carbocycles. The van der Waals surface area contributed by atoms with E-state index >= 15 is 0 Å². The molecule has 1 atom stereocenters. The fourth-order valence-corrected chi connectivity index (χ4v) is 5.76. The van der Waals surface area contributed by atoms with E-state index in [0.29, 0.717) is 6.61 Å². The van der Waals surface area contributed by atoms with Gasteiger partial charge in [0.1, 0.15) is 22.2 Å². The lowest BCUT2D eigenvalue weighted by molar-refractivity contribution is 0.0331. The molecule has 6 nitrogen and oxygen atoms in total. The zero-order valence-corrected chi connectivity index (χ0v) is 19.1. The predicted molar refractivity (Wildman–Crippen MR) is 125 cm³/mol. The minimum absolute atomic E-state index is 0.141. The molecule has 1 N–H and O–H groups in total. The average Bonchev–Trinajstić information content (AvgIpc) is 3.36. The molecule has 3 heterocycles. The summed E-state index contributed by atoms with van der Waals surface area (Å²) in [6, 6.07) is 8.49. The van der Waals surface area contributed by atoms with Crippen molar-refractivity contribution in [1.82, 2.24) is 14.9 Å². The number of aryl methyl sites for hydroxylation is 2. The van der Waals surface area contributed by atoms with Gasteiger partial charge < -0.3 is 14.8 Å². The number of benzene rings is 1. The van der Waals surface area contributed by atoms with Gasteiger partial charge in [0.05, 0.1) is 31.8 Å². The highest BCUT2D eigenvalue weighted by Gasteiger charge is 2.24. The van der Waals surface area contributed by atoms with Crippen molar-refractivity contribution in [3.05, 3.63) is 46.1 Å². The lowest BCUT2D eigenvalue weighted by Gasteiger charge is -2.26. The topological polar surface area (TPSA) is 59.5 Å². The second-order valence-corrected chi connectivity index (χ2v) is 9.37. The molecule has 5 rings (SSSR count). The van der Waals surface area contributed by atoms with E-state index in [1.807, 2.05) is 30.4 Å². The fourth-order valence-electron chi connectivity index (χ4n) is 4.48. The number of ether oxygens (including phenoxy) is 2. The maximum absolute atomic E-state index is 5.59. The van der Waals surface area contributed by atoms with E-state index in [1.54, 1.807) is 0 Å². The van der Waals surface area contributed by atoms with Gasteiger partial charge in [-0.15, -0.1) is 11.3 Å². The van der Waals surface area contributed by atoms with Crippen LogP contribution in [0.25, 0.3) is 10.2 Å². The zero-order valence-electron chi connectivity index (χ0n) is 18.3. The van der Waals surface area contributed by atoms with Gasteiger partial charge in [-0.05, 0) is 56.4 Å². The molecular weight excluding hydrogens is 408 g/mol. The zero-order chi connectivity index (χ0) is 21.2. The quantitative estimate of drug-likeness (QED) is 0.583. The summed E-state index contributed by atoms with van der Waals surface area (Å²) >= 11 is 1.86. The second-order valence-electron chi connectivity index (χ2n) is 8.28. The third-order valence-corrected chi connectivity index (χ3v) is 7.31. The first-order valence-electron chi connectivity index (χ1n) is 11.3. The molecular formula is C24H30N4O2S. The number of aromatic nitrogens is 2. The summed E-state index contributed by atoms with van der Waals surface area (Å²) < 4.78 is 11.1. The standard InChI is InChI=1S/C24H30N4O2S/c1-3-30-18-9-7-17(8-10-18)16(2)25-23-22-19-5-4-6-20(19)31-24(22)27-21(26-23)15-28-11-13-29-14-12-28/h7-10,16H,3-6,11-15H2,1-2H3,(H,25,26,27). The molecule has 0 saturated carbocycles. The highest BCUT2D eigenvalue weighted by molar-refractivity contribution is 7.19. The van der Waals surface area contributed by atoms with E-state index in [1.165, 1.54) is 34.2 Å². The van der Waals surface area contributed by atoms with Crippen LogP contribution in [0.3, 0.4) is 0 Å². The molecule has 7 heteroatoms. The van der Waals surface area contributed by atoms with Gasteiger partial charge in [-0.25, -0.2) is 9.97 Å². The molecule has 31 heavy (non-hydrogen) atoms. The summed E-state index contributed by atoms with van der Waals surface area (Å²) in [5.41, 5.74) is 2.68. The average molecular weight is 439 g/mol. The van der Waals surface area contributed by atoms with Crippen LogP contribution < -0.4 is 10.1 Å². The summed E-state index contributed by atoms with van der Waals surface area (Å²) in [5.74, 6) is 2.79. The summed E-state index contributed by atoms with van der Waals surface area (Å²) in [4.78, 5) is 15.0. The second kappa shape index (κ2) is 9.10. The molecule has 3 aromatic rings. The fraction of sp³-hybridized carbons (Fsp3) is 0.500. The predicted octanol–water partition coefficient (Wildman–Crippen LogP) is 4.58. The molecule has 2 aliphatic rings. The van der Waals surface area contributed by atoms with Crippen LogP contribution in [0.1, 0.15) is 48.1 Å². The van der Waals surface area contributed by atoms with Gasteiger partial charge in [-0.2, -0.15) is 0 Å². The van der Waals surface area contributed by atoms with E-state index in [9.17, 15) is 0 Å². The van der Waals surface area contributed by atoms with Gasteiger partial charge >= 0.3 is 0 Å². The van der Waals surface area contributed by atoms with E-state index in [0.717, 1.165) is 61.5 Å². The molecule has 1 unspecified atom stereocenters. The molecule has 1 fully saturated rings. The van der Waals surface area contributed by atoms with Gasteiger partial charge in [0.2, 0.25) is 0 Å². The molecule has 0 radical (unpaired) electrons. The highest BCUT2D eigenvalue weighted by Crippen LogP contribution is 2.40. The molecule has 1 aliphatic carbocycles. The Kier molecular flexibility index (Phi) is 6.07. The normalized spacial score (nSPS) is 17.6. The third kappa shape index (κ3) is 4.40. The van der Waals surface area contributed by atoms with Crippen LogP contribution in [0.2, 0.25) is 0 Å². The van der Waals surface area contributed by atoms with E-state index in [-0.39, 0.29) is 6.04 Å². The summed E-state index contributed by atoms with van der Waals surface area (Å²) in [6.07, 6.45) is 3.54. The summed E-state index contributed by atoms with van der Waals surface area (Å²) in [6.45, 7) is 9.10. The van der Waals surface area contributed by atoms with Crippen LogP contribution in [0, 0.1) is 0 Å². The van der Waals surface area contributed by atoms with Crippen LogP contribution in [0.4, 0.5) is 5.82 Å². The summed E-state index contributed by atoms with van der Waals surface area (Å²) in [5, 5.41) is 4.95. The van der Waals surface area contributed by atoms with Gasteiger partial charge in [-0.1, -0.05) is 12.1 Å². The number of nitrogens with zero attached hydrogens (tertiary/aromatic N) is 3. The minimum atomic E-state index is 0.141. The maximum atomic E-state index is 5.59. The smallest absolute Gasteiger partial charge is 0.146 e. The summed E-state index contributed by atoms with van der Waals surface area (Å²) in [7, 11) is 0. The number of thiophene rings is 1. The monoisotopic (exact) mass is 438 g/mol. The van der Waals surface area contributed by atoms with Crippen molar-refractivity contribution in [1.29, 1.82) is 0 Å². The molecule has 0 amide bonds. The lowest BCUT2D eigenvalue weighted by atomic mass is 10.1. The number of nitrogens with one attached hydrogen (secondary N) is 1. The number of hydrogen-bond donors (Lipinski definition) is 1. The van der Waals surface area contributed by atoms with Gasteiger partial charge in [0.25, 0.3) is 0 Å². The van der Waals surface area contributed by atoms with Crippen LogP contribution in [0.15, 0.2) is 24.3 Å². The third-order valence-electron chi connectivity index (χ3n) is 6.12. The van der Waals surface area contributed by atoms with Gasteiger partial charge in [0, 0.05) is 24.0 Å². The first kappa shape index (κ1) is 20.7. The van der Waals surface area contributed by atoms with E-state index in [2.05, 4.69) is 29.3 Å². The van der Waals surface area contributed by atoms with Crippen LogP contribution in [0.5, 0.6) is 5.75 Å². The largest absolute Gasteiger partial charge is 0.494 e. The molecule has 1 saturated heterocycles. The Morgan fingerprint density at radius 3 is 2.74 bits per heavy atom. The van der Waals surface area contributed by atoms with Crippen molar-refractivity contribution in [2.75, 3.05) is 38.2 Å². The SMILES string of the molecule is CCOc1ccc(C(C)Nc2nc(CN3CCOCC3)nc3sc4c(c23)CCC4)cc1. The van der Waals surface area contributed by atoms with Gasteiger partial charge in [0.15, 0.2) is 0 Å². The Morgan fingerprint density at radius 2 is 1.97 bits per heavy atom. The first-order chi connectivity index (χ1) is 15.2. The molecule has 164 valence electrons. The van der Waals surface area contributed by atoms with Crippen molar-refractivity contribution in [2.24, 2.45) is 0 Å². The van der Waals surface area contributed by atoms with Gasteiger partial charge in [-0.3, -0.25) is 4.90 Å². The van der Waals surface area contributed by atoms with Crippen molar-refractivity contribution >= 4 is 27.4 Å². The van der Waals surface area contributed by atoms with Crippen molar-refractivity contribution < 1.29 is 9.47 Å². The molecule has 0 spiro atoms. The Morgan fingerprint density at radius 1 is 1.16 bits per heavy atom. The number of anilines is 1. The molecule has 2 aromatic heterocycles. The molecule has 0 bridgehead atoms. The Bertz CT molecular complexity index is 1040. The number of fused-ring (bicyclic) bond motifs is 3. The van der Waals surface area contributed by atoms with Crippen molar-refractivity contribution in [3.8, 4) is 5.75 Å². The maximum Gasteiger partial charge on any atom is 0.146 e. The first-order valence-corrected chi connectivity index (χ1v) is 12.1. The Hall–Kier alpha value is -2.22. The molecule has 1 aliphatic heterocycles. The van der Waals surface area contributed by atoms with Crippen molar-refractivity contribution in [2.45, 2.75) is 45.7 Å². The van der Waals surface area contributed by atoms with Crippen LogP contribution in [-0.4, -0.2) is 47.8 Å². The van der Waals surface area contributed by atoms with Crippen LogP contribution in [-0.2, 0) is 24.1 Å². The van der Waals surface area contributed by atoms with Crippen molar-refractivity contribution in [3.63, 3.8) is 0 Å². The number of hydrogen-bond acceptors (Lipinski definition) is 7. The Balaban J connectivity index is 1.45. The minimum Gasteiger partial charge on any atom is -0.494 e. The number of rotatable bonds is 7. The highest BCUT2D eigenvalue weighted by atomic mass is 32.1. The number of morpholine rings is 1.